The van der Waals surface area contributed by atoms with Gasteiger partial charge in [0.2, 0.25) is 5.82 Å². The number of aromatic amines is 1. The zero-order valence-corrected chi connectivity index (χ0v) is 23.3. The van der Waals surface area contributed by atoms with Crippen LogP contribution in [0.1, 0.15) is 61.7 Å². The third kappa shape index (κ3) is 5.97. The summed E-state index contributed by atoms with van der Waals surface area (Å²) in [5.41, 5.74) is 2.74. The van der Waals surface area contributed by atoms with Crippen molar-refractivity contribution in [1.29, 1.82) is 0 Å². The van der Waals surface area contributed by atoms with Crippen LogP contribution in [0.25, 0.3) is 22.5 Å². The average molecular weight is 561 g/mol. The van der Waals surface area contributed by atoms with Gasteiger partial charge < -0.3 is 23.9 Å². The second-order valence-corrected chi connectivity index (χ2v) is 10.4. The topological polar surface area (TPSA) is 154 Å². The first-order chi connectivity index (χ1) is 19.7. The van der Waals surface area contributed by atoms with Gasteiger partial charge in [0.05, 0.1) is 5.69 Å². The molecule has 2 unspecified atom stereocenters. The summed E-state index contributed by atoms with van der Waals surface area (Å²) in [5.74, 6) is 0.462. The molecule has 4 aromatic rings. The number of H-pyrrole nitrogens is 1. The summed E-state index contributed by atoms with van der Waals surface area (Å²) in [5, 5.41) is 25.6. The van der Waals surface area contributed by atoms with Crippen LogP contribution in [-0.2, 0) is 32.8 Å². The lowest BCUT2D eigenvalue weighted by Crippen LogP contribution is -2.29. The Morgan fingerprint density at radius 1 is 1.12 bits per heavy atom. The van der Waals surface area contributed by atoms with Gasteiger partial charge in [-0.05, 0) is 49.1 Å². The van der Waals surface area contributed by atoms with Crippen LogP contribution >= 0.6 is 0 Å². The fourth-order valence-electron chi connectivity index (χ4n) is 4.89. The molecule has 0 bridgehead atoms. The van der Waals surface area contributed by atoms with E-state index in [1.54, 1.807) is 20.8 Å². The molecule has 0 radical (unpaired) electrons. The van der Waals surface area contributed by atoms with Crippen LogP contribution in [0.15, 0.2) is 48.5 Å². The highest BCUT2D eigenvalue weighted by atomic mass is 16.8. The van der Waals surface area contributed by atoms with E-state index in [-0.39, 0.29) is 12.3 Å². The van der Waals surface area contributed by atoms with Crippen molar-refractivity contribution in [3.8, 4) is 22.5 Å². The smallest absolute Gasteiger partial charge is 0.457 e. The molecule has 2 atom stereocenters. The number of ether oxygens (including phenoxy) is 3. The van der Waals surface area contributed by atoms with E-state index in [2.05, 4.69) is 25.6 Å². The van der Waals surface area contributed by atoms with Crippen LogP contribution in [0.3, 0.4) is 0 Å². The van der Waals surface area contributed by atoms with Crippen molar-refractivity contribution in [2.75, 3.05) is 6.61 Å². The van der Waals surface area contributed by atoms with Gasteiger partial charge >= 0.3 is 12.1 Å². The molecular weight excluding hydrogens is 528 g/mol. The number of carbonyl (C=O) groups excluding carboxylic acids is 2. The maximum atomic E-state index is 13.2. The fraction of sp³-hybridized carbons (Fsp3) is 0.379. The molecule has 41 heavy (non-hydrogen) atoms. The van der Waals surface area contributed by atoms with Crippen molar-refractivity contribution in [2.45, 2.75) is 64.9 Å². The average Bonchev–Trinajstić information content (AvgIpc) is 3.67. The molecule has 1 fully saturated rings. The van der Waals surface area contributed by atoms with Crippen molar-refractivity contribution in [2.24, 2.45) is 0 Å². The quantitative estimate of drug-likeness (QED) is 0.272. The Morgan fingerprint density at radius 3 is 2.46 bits per heavy atom. The lowest BCUT2D eigenvalue weighted by atomic mass is 9.98. The molecule has 3 heterocycles. The molecule has 12 nitrogen and oxygen atoms in total. The highest BCUT2D eigenvalue weighted by molar-refractivity contribution is 5.89. The summed E-state index contributed by atoms with van der Waals surface area (Å²) in [6, 6.07) is 15.8. The molecule has 1 saturated heterocycles. The van der Waals surface area contributed by atoms with E-state index < -0.39 is 29.9 Å². The molecule has 0 amide bonds. The summed E-state index contributed by atoms with van der Waals surface area (Å²) in [6.45, 7) is 7.10. The second-order valence-electron chi connectivity index (χ2n) is 10.4. The highest BCUT2D eigenvalue weighted by Crippen LogP contribution is 2.31. The van der Waals surface area contributed by atoms with Crippen molar-refractivity contribution in [3.05, 3.63) is 71.3 Å². The molecule has 1 aliphatic rings. The molecule has 0 spiro atoms. The minimum Gasteiger partial charge on any atom is -0.457 e. The van der Waals surface area contributed by atoms with E-state index in [0.717, 1.165) is 28.7 Å². The summed E-state index contributed by atoms with van der Waals surface area (Å²) in [6.07, 6.45) is -0.667. The van der Waals surface area contributed by atoms with E-state index in [4.69, 9.17) is 14.2 Å². The zero-order chi connectivity index (χ0) is 29.1. The molecule has 1 aliphatic heterocycles. The van der Waals surface area contributed by atoms with E-state index in [9.17, 15) is 14.7 Å². The predicted molar refractivity (Wildman–Crippen MR) is 147 cm³/mol. The van der Waals surface area contributed by atoms with E-state index >= 15 is 0 Å². The number of nitrogens with zero attached hydrogens (tertiary/aromatic N) is 5. The lowest BCUT2D eigenvalue weighted by molar-refractivity contribution is 0.0222. The van der Waals surface area contributed by atoms with Gasteiger partial charge in [-0.1, -0.05) is 55.5 Å². The number of imidazole rings is 1. The Kier molecular flexibility index (Phi) is 7.84. The van der Waals surface area contributed by atoms with Crippen LogP contribution in [0.4, 0.5) is 4.79 Å². The van der Waals surface area contributed by atoms with Crippen LogP contribution < -0.4 is 0 Å². The van der Waals surface area contributed by atoms with Crippen molar-refractivity contribution < 1.29 is 28.9 Å². The van der Waals surface area contributed by atoms with Crippen LogP contribution in [-0.4, -0.2) is 66.2 Å². The number of hydrogen-bond donors (Lipinski definition) is 2. The number of aromatic nitrogens is 6. The molecular formula is C29H32N6O6. The minimum absolute atomic E-state index is 0.0319. The number of rotatable bonds is 10. The molecule has 214 valence electrons. The van der Waals surface area contributed by atoms with Crippen molar-refractivity contribution >= 4 is 12.1 Å². The van der Waals surface area contributed by atoms with Crippen LogP contribution in [0, 0.1) is 0 Å². The van der Waals surface area contributed by atoms with Gasteiger partial charge in [0.1, 0.15) is 24.1 Å². The Labute approximate surface area is 236 Å². The predicted octanol–water partition coefficient (Wildman–Crippen LogP) is 4.04. The van der Waals surface area contributed by atoms with Crippen LogP contribution in [0.2, 0.25) is 0 Å². The molecule has 0 aliphatic carbocycles. The summed E-state index contributed by atoms with van der Waals surface area (Å²) < 4.78 is 17.3. The standard InChI is InChI=1S/C29H32N6O6/c1-5-8-23-30-24(27(36)39-16-22-17(2)40-28(37)41-22)25(29(3,4)38)35(23)15-18-11-13-19(14-12-18)20-9-6-7-10-21(20)26-31-33-34-32-26/h6-7,9-14,17,22,38H,5,8,15-16H2,1-4H3,(H,31,32,33,34). The molecule has 0 saturated carbocycles. The number of esters is 1. The molecule has 2 N–H and O–H groups in total. The maximum Gasteiger partial charge on any atom is 0.509 e. The van der Waals surface area contributed by atoms with Gasteiger partial charge in [-0.15, -0.1) is 10.2 Å². The van der Waals surface area contributed by atoms with Gasteiger partial charge in [0, 0.05) is 18.5 Å². The molecule has 12 heteroatoms. The molecule has 2 aromatic heterocycles. The fourth-order valence-corrected chi connectivity index (χ4v) is 4.89. The first-order valence-electron chi connectivity index (χ1n) is 13.4. The number of aliphatic hydroxyl groups is 1. The van der Waals surface area contributed by atoms with Gasteiger partial charge in [-0.3, -0.25) is 0 Å². The van der Waals surface area contributed by atoms with Gasteiger partial charge in [0.15, 0.2) is 11.8 Å². The highest BCUT2D eigenvalue weighted by Gasteiger charge is 2.36. The summed E-state index contributed by atoms with van der Waals surface area (Å²) >= 11 is 0. The van der Waals surface area contributed by atoms with E-state index in [0.29, 0.717) is 30.3 Å². The third-order valence-corrected chi connectivity index (χ3v) is 6.84. The first kappa shape index (κ1) is 28.0. The summed E-state index contributed by atoms with van der Waals surface area (Å²) in [7, 11) is 0. The lowest BCUT2D eigenvalue weighted by Gasteiger charge is -2.22. The number of benzene rings is 2. The van der Waals surface area contributed by atoms with Crippen molar-refractivity contribution in [3.63, 3.8) is 0 Å². The SMILES string of the molecule is CCCc1nc(C(=O)OCC2OC(=O)OC2C)c(C(C)(C)O)n1Cc1ccc(-c2ccccc2-c2nn[nH]n2)cc1. The molecule has 5 rings (SSSR count). The zero-order valence-electron chi connectivity index (χ0n) is 23.3. The Morgan fingerprint density at radius 2 is 1.85 bits per heavy atom. The first-order valence-corrected chi connectivity index (χ1v) is 13.4. The van der Waals surface area contributed by atoms with Gasteiger partial charge in [-0.25, -0.2) is 14.6 Å². The maximum absolute atomic E-state index is 13.2. The van der Waals surface area contributed by atoms with Crippen LogP contribution in [0.5, 0.6) is 0 Å². The number of hydrogen-bond acceptors (Lipinski definition) is 10. The molecule has 2 aromatic carbocycles. The van der Waals surface area contributed by atoms with Gasteiger partial charge in [-0.2, -0.15) is 5.21 Å². The normalized spacial score (nSPS) is 16.9. The number of cyclic esters (lactones) is 2. The summed E-state index contributed by atoms with van der Waals surface area (Å²) in [4.78, 5) is 29.2. The number of tetrazole rings is 1. The number of aryl methyl sites for hydroxylation is 1. The minimum atomic E-state index is -1.40. The van der Waals surface area contributed by atoms with E-state index in [1.165, 1.54) is 0 Å². The Balaban J connectivity index is 1.43. The monoisotopic (exact) mass is 560 g/mol. The van der Waals surface area contributed by atoms with E-state index in [1.807, 2.05) is 60.0 Å². The van der Waals surface area contributed by atoms with Gasteiger partial charge in [0.25, 0.3) is 0 Å². The third-order valence-electron chi connectivity index (χ3n) is 6.84. The Bertz CT molecular complexity index is 1520. The number of carbonyl (C=O) groups is 2. The largest absolute Gasteiger partial charge is 0.509 e. The van der Waals surface area contributed by atoms with Crippen molar-refractivity contribution in [1.82, 2.24) is 30.2 Å². The Hall–Kier alpha value is -4.58. The number of nitrogens with one attached hydrogen (secondary N) is 1. The second kappa shape index (κ2) is 11.5.